The van der Waals surface area contributed by atoms with Crippen molar-refractivity contribution in [2.24, 2.45) is 0 Å². The number of nitrogens with one attached hydrogen (secondary N) is 1. The van der Waals surface area contributed by atoms with Crippen molar-refractivity contribution < 1.29 is 22.8 Å². The molecular formula is C22H23F3N2O2S. The fourth-order valence-corrected chi connectivity index (χ4v) is 4.27. The monoisotopic (exact) mass is 436 g/mol. The second-order valence-electron chi connectivity index (χ2n) is 7.28. The Morgan fingerprint density at radius 2 is 1.63 bits per heavy atom. The zero-order valence-electron chi connectivity index (χ0n) is 16.5. The van der Waals surface area contributed by atoms with Gasteiger partial charge in [0, 0.05) is 29.2 Å². The highest BCUT2D eigenvalue weighted by atomic mass is 32.2. The van der Waals surface area contributed by atoms with Crippen LogP contribution in [0.4, 0.5) is 18.9 Å². The zero-order chi connectivity index (χ0) is 21.7. The molecule has 1 fully saturated rings. The first-order valence-corrected chi connectivity index (χ1v) is 10.6. The highest BCUT2D eigenvalue weighted by Crippen LogP contribution is 2.38. The second kappa shape index (κ2) is 9.55. The maximum absolute atomic E-state index is 12.7. The molecule has 3 rings (SSSR count). The van der Waals surface area contributed by atoms with Crippen LogP contribution in [0.2, 0.25) is 0 Å². The number of hydrogen-bond donors (Lipinski definition) is 1. The molecule has 1 aliphatic rings. The van der Waals surface area contributed by atoms with Crippen LogP contribution in [0.15, 0.2) is 53.4 Å². The van der Waals surface area contributed by atoms with Gasteiger partial charge in [-0.05, 0) is 61.0 Å². The van der Waals surface area contributed by atoms with Crippen LogP contribution in [-0.2, 0) is 0 Å². The smallest absolute Gasteiger partial charge is 0.339 e. The molecule has 0 aromatic heterocycles. The summed E-state index contributed by atoms with van der Waals surface area (Å²) in [5.74, 6) is -0.715. The number of benzene rings is 2. The van der Waals surface area contributed by atoms with E-state index in [-0.39, 0.29) is 34.2 Å². The van der Waals surface area contributed by atoms with Gasteiger partial charge in [0.15, 0.2) is 0 Å². The maximum atomic E-state index is 12.7. The van der Waals surface area contributed by atoms with Crippen LogP contribution in [-0.4, -0.2) is 35.3 Å². The number of halogens is 3. The summed E-state index contributed by atoms with van der Waals surface area (Å²) in [5, 5.41) is 2.60. The molecule has 30 heavy (non-hydrogen) atoms. The number of anilines is 1. The Kier molecular flexibility index (Phi) is 7.07. The zero-order valence-corrected chi connectivity index (χ0v) is 17.4. The normalized spacial score (nSPS) is 14.9. The van der Waals surface area contributed by atoms with Gasteiger partial charge in [0.25, 0.3) is 11.8 Å². The third-order valence-electron chi connectivity index (χ3n) is 5.19. The molecule has 160 valence electrons. The number of nitrogens with zero attached hydrogens (tertiary/aromatic N) is 1. The Bertz CT molecular complexity index is 894. The predicted octanol–water partition coefficient (Wildman–Crippen LogP) is 5.96. The largest absolute Gasteiger partial charge is 0.446 e. The molecule has 0 spiro atoms. The third-order valence-corrected chi connectivity index (χ3v) is 6.00. The van der Waals surface area contributed by atoms with E-state index in [1.54, 1.807) is 29.2 Å². The lowest BCUT2D eigenvalue weighted by molar-refractivity contribution is -0.0328. The molecule has 0 saturated heterocycles. The van der Waals surface area contributed by atoms with Gasteiger partial charge >= 0.3 is 5.51 Å². The fraction of sp³-hybridized carbons (Fsp3) is 0.364. The summed E-state index contributed by atoms with van der Waals surface area (Å²) in [5.41, 5.74) is -3.63. The maximum Gasteiger partial charge on any atom is 0.446 e. The number of carbonyl (C=O) groups excluding carboxylic acids is 2. The van der Waals surface area contributed by atoms with Crippen molar-refractivity contribution in [1.29, 1.82) is 0 Å². The Labute approximate surface area is 177 Å². The first kappa shape index (κ1) is 22.2. The van der Waals surface area contributed by atoms with Crippen molar-refractivity contribution in [2.45, 2.75) is 48.5 Å². The summed E-state index contributed by atoms with van der Waals surface area (Å²) >= 11 is -0.322. The van der Waals surface area contributed by atoms with E-state index in [9.17, 15) is 22.8 Å². The Morgan fingerprint density at radius 1 is 1.00 bits per heavy atom. The molecule has 2 amide bonds. The SMILES string of the molecule is CN(C(=O)c1ccc(NC(=O)c2ccccc2SC(F)(F)F)cc1)C1CCCCC1. The molecule has 1 aliphatic carbocycles. The summed E-state index contributed by atoms with van der Waals surface area (Å²) in [6.45, 7) is 0. The predicted molar refractivity (Wildman–Crippen MR) is 112 cm³/mol. The Morgan fingerprint density at radius 3 is 2.27 bits per heavy atom. The summed E-state index contributed by atoms with van der Waals surface area (Å²) in [4.78, 5) is 26.8. The summed E-state index contributed by atoms with van der Waals surface area (Å²) < 4.78 is 38.2. The van der Waals surface area contributed by atoms with Crippen LogP contribution in [0.5, 0.6) is 0 Å². The molecule has 0 radical (unpaired) electrons. The molecule has 2 aromatic rings. The third kappa shape index (κ3) is 5.78. The van der Waals surface area contributed by atoms with E-state index in [0.29, 0.717) is 11.3 Å². The van der Waals surface area contributed by atoms with Crippen LogP contribution in [0.3, 0.4) is 0 Å². The minimum atomic E-state index is -4.48. The highest BCUT2D eigenvalue weighted by molar-refractivity contribution is 8.00. The first-order valence-electron chi connectivity index (χ1n) is 9.78. The van der Waals surface area contributed by atoms with E-state index >= 15 is 0 Å². The number of alkyl halides is 3. The van der Waals surface area contributed by atoms with Crippen molar-refractivity contribution >= 4 is 29.3 Å². The van der Waals surface area contributed by atoms with E-state index in [0.717, 1.165) is 25.7 Å². The highest BCUT2D eigenvalue weighted by Gasteiger charge is 2.31. The van der Waals surface area contributed by atoms with Crippen molar-refractivity contribution in [3.63, 3.8) is 0 Å². The Balaban J connectivity index is 1.67. The molecule has 8 heteroatoms. The molecule has 2 aromatic carbocycles. The second-order valence-corrected chi connectivity index (χ2v) is 8.39. The number of rotatable bonds is 5. The number of thioether (sulfide) groups is 1. The van der Waals surface area contributed by atoms with Crippen LogP contribution < -0.4 is 5.32 Å². The van der Waals surface area contributed by atoms with E-state index < -0.39 is 11.4 Å². The van der Waals surface area contributed by atoms with Crippen molar-refractivity contribution in [3.8, 4) is 0 Å². The topological polar surface area (TPSA) is 49.4 Å². The van der Waals surface area contributed by atoms with E-state index in [2.05, 4.69) is 5.32 Å². The average molecular weight is 436 g/mol. The van der Waals surface area contributed by atoms with Gasteiger partial charge in [0.1, 0.15) is 0 Å². The lowest BCUT2D eigenvalue weighted by atomic mass is 9.94. The van der Waals surface area contributed by atoms with Crippen molar-refractivity contribution in [1.82, 2.24) is 4.90 Å². The van der Waals surface area contributed by atoms with Gasteiger partial charge in [-0.15, -0.1) is 0 Å². The van der Waals surface area contributed by atoms with Crippen molar-refractivity contribution in [3.05, 3.63) is 59.7 Å². The summed E-state index contributed by atoms with van der Waals surface area (Å²) in [6, 6.07) is 12.2. The van der Waals surface area contributed by atoms with Gasteiger partial charge in [0.05, 0.1) is 5.56 Å². The van der Waals surface area contributed by atoms with Crippen LogP contribution in [0.25, 0.3) is 0 Å². The molecular weight excluding hydrogens is 413 g/mol. The lowest BCUT2D eigenvalue weighted by Crippen LogP contribution is -2.38. The molecule has 0 heterocycles. The standard InChI is InChI=1S/C22H23F3N2O2S/c1-27(17-7-3-2-4-8-17)21(29)15-11-13-16(14-12-15)26-20(28)18-9-5-6-10-19(18)30-22(23,24)25/h5-6,9-14,17H,2-4,7-8H2,1H3,(H,26,28). The lowest BCUT2D eigenvalue weighted by Gasteiger charge is -2.31. The molecule has 1 N–H and O–H groups in total. The Hall–Kier alpha value is -2.48. The summed E-state index contributed by atoms with van der Waals surface area (Å²) in [6.07, 6.45) is 5.47. The van der Waals surface area contributed by atoms with Crippen LogP contribution in [0.1, 0.15) is 52.8 Å². The van der Waals surface area contributed by atoms with Gasteiger partial charge in [0.2, 0.25) is 0 Å². The van der Waals surface area contributed by atoms with E-state index in [4.69, 9.17) is 0 Å². The molecule has 0 atom stereocenters. The minimum absolute atomic E-state index is 0.0583. The average Bonchev–Trinajstić information content (AvgIpc) is 2.73. The number of carbonyl (C=O) groups is 2. The van der Waals surface area contributed by atoms with Gasteiger partial charge in [-0.1, -0.05) is 31.4 Å². The van der Waals surface area contributed by atoms with E-state index in [1.807, 2.05) is 7.05 Å². The number of hydrogen-bond acceptors (Lipinski definition) is 3. The first-order chi connectivity index (χ1) is 14.2. The van der Waals surface area contributed by atoms with Crippen molar-refractivity contribution in [2.75, 3.05) is 12.4 Å². The molecule has 4 nitrogen and oxygen atoms in total. The van der Waals surface area contributed by atoms with E-state index in [1.165, 1.54) is 30.7 Å². The molecule has 0 aliphatic heterocycles. The van der Waals surface area contributed by atoms with Crippen LogP contribution in [0, 0.1) is 0 Å². The van der Waals surface area contributed by atoms with Crippen LogP contribution >= 0.6 is 11.8 Å². The molecule has 0 unspecified atom stereocenters. The fourth-order valence-electron chi connectivity index (χ4n) is 3.60. The molecule has 0 bridgehead atoms. The van der Waals surface area contributed by atoms with Gasteiger partial charge in [-0.2, -0.15) is 13.2 Å². The summed E-state index contributed by atoms with van der Waals surface area (Å²) in [7, 11) is 1.81. The van der Waals surface area contributed by atoms with Gasteiger partial charge in [-0.25, -0.2) is 0 Å². The number of amides is 2. The quantitative estimate of drug-likeness (QED) is 0.589. The molecule has 1 saturated carbocycles. The van der Waals surface area contributed by atoms with Gasteiger partial charge < -0.3 is 10.2 Å². The minimum Gasteiger partial charge on any atom is -0.339 e. The van der Waals surface area contributed by atoms with Gasteiger partial charge in [-0.3, -0.25) is 9.59 Å².